The summed E-state index contributed by atoms with van der Waals surface area (Å²) in [7, 11) is 0. The van der Waals surface area contributed by atoms with E-state index < -0.39 is 0 Å². The van der Waals surface area contributed by atoms with Gasteiger partial charge in [0, 0.05) is 5.69 Å². The number of carbonyl (C=O) groups excluding carboxylic acids is 1. The number of amides is 1. The van der Waals surface area contributed by atoms with E-state index in [9.17, 15) is 4.79 Å². The zero-order chi connectivity index (χ0) is 25.5. The Morgan fingerprint density at radius 2 is 1.68 bits per heavy atom. The van der Waals surface area contributed by atoms with Crippen molar-refractivity contribution in [1.82, 2.24) is 14.9 Å². The third-order valence-corrected chi connectivity index (χ3v) is 7.20. The molecular formula is C32H35N3O2. The average Bonchev–Trinajstić information content (AvgIpc) is 3.62. The summed E-state index contributed by atoms with van der Waals surface area (Å²) < 4.78 is 8.03. The Balaban J connectivity index is 1.23. The van der Waals surface area contributed by atoms with Gasteiger partial charge in [0.1, 0.15) is 5.69 Å². The summed E-state index contributed by atoms with van der Waals surface area (Å²) in [6.45, 7) is 2.78. The Kier molecular flexibility index (Phi) is 8.11. The zero-order valence-electron chi connectivity index (χ0n) is 21.5. The van der Waals surface area contributed by atoms with Crippen LogP contribution in [-0.4, -0.2) is 27.6 Å². The van der Waals surface area contributed by atoms with E-state index in [0.717, 1.165) is 42.5 Å². The van der Waals surface area contributed by atoms with Crippen LogP contribution in [0.3, 0.4) is 0 Å². The van der Waals surface area contributed by atoms with Crippen LogP contribution in [-0.2, 0) is 17.8 Å². The smallest absolute Gasteiger partial charge is 0.270 e. The highest BCUT2D eigenvalue weighted by Gasteiger charge is 2.30. The summed E-state index contributed by atoms with van der Waals surface area (Å²) in [5.74, 6) is -0.121. The third kappa shape index (κ3) is 6.17. The summed E-state index contributed by atoms with van der Waals surface area (Å²) in [5.41, 5.74) is 6.31. The molecule has 2 atom stereocenters. The molecule has 1 saturated carbocycles. The first-order valence-electron chi connectivity index (χ1n) is 13.4. The topological polar surface area (TPSA) is 56.2 Å². The Hall–Kier alpha value is -3.70. The van der Waals surface area contributed by atoms with Gasteiger partial charge in [-0.3, -0.25) is 9.36 Å². The van der Waals surface area contributed by atoms with Crippen molar-refractivity contribution in [3.8, 4) is 16.8 Å². The van der Waals surface area contributed by atoms with Gasteiger partial charge in [-0.2, -0.15) is 0 Å². The minimum absolute atomic E-state index is 0.00207. The van der Waals surface area contributed by atoms with Crippen molar-refractivity contribution in [2.45, 2.75) is 64.2 Å². The molecule has 0 unspecified atom stereocenters. The van der Waals surface area contributed by atoms with E-state index in [1.165, 1.54) is 24.0 Å². The number of aryl methyl sites for hydroxylation is 1. The summed E-state index contributed by atoms with van der Waals surface area (Å²) in [6, 6.07) is 27.3. The molecule has 190 valence electrons. The van der Waals surface area contributed by atoms with Crippen molar-refractivity contribution in [3.63, 3.8) is 0 Å². The fraction of sp³-hybridized carbons (Fsp3) is 0.312. The average molecular weight is 494 g/mol. The van der Waals surface area contributed by atoms with Crippen molar-refractivity contribution in [2.75, 3.05) is 0 Å². The molecule has 0 spiro atoms. The molecule has 5 nitrogen and oxygen atoms in total. The zero-order valence-corrected chi connectivity index (χ0v) is 21.5. The van der Waals surface area contributed by atoms with Crippen molar-refractivity contribution in [1.29, 1.82) is 0 Å². The lowest BCUT2D eigenvalue weighted by Crippen LogP contribution is -2.41. The maximum atomic E-state index is 13.2. The molecule has 1 heterocycles. The maximum absolute atomic E-state index is 13.2. The number of imidazole rings is 1. The van der Waals surface area contributed by atoms with Crippen molar-refractivity contribution < 1.29 is 9.53 Å². The second-order valence-electron chi connectivity index (χ2n) is 9.84. The molecule has 1 amide bonds. The number of rotatable bonds is 10. The molecule has 1 N–H and O–H groups in total. The number of hydrogen-bond acceptors (Lipinski definition) is 3. The minimum atomic E-state index is -0.121. The number of nitrogens with one attached hydrogen (secondary N) is 1. The van der Waals surface area contributed by atoms with Gasteiger partial charge in [0.15, 0.2) is 0 Å². The maximum Gasteiger partial charge on any atom is 0.270 e. The van der Waals surface area contributed by atoms with Crippen LogP contribution in [0, 0.1) is 0 Å². The van der Waals surface area contributed by atoms with E-state index in [1.54, 1.807) is 12.5 Å². The number of carbonyl (C=O) groups is 1. The number of aromatic nitrogens is 2. The third-order valence-electron chi connectivity index (χ3n) is 7.20. The van der Waals surface area contributed by atoms with Gasteiger partial charge in [-0.25, -0.2) is 4.98 Å². The van der Waals surface area contributed by atoms with Gasteiger partial charge in [0.2, 0.25) is 0 Å². The van der Waals surface area contributed by atoms with Crippen LogP contribution < -0.4 is 5.32 Å². The lowest BCUT2D eigenvalue weighted by Gasteiger charge is -2.22. The van der Waals surface area contributed by atoms with E-state index >= 15 is 0 Å². The number of benzene rings is 3. The summed E-state index contributed by atoms with van der Waals surface area (Å²) in [6.07, 6.45) is 9.83. The molecule has 1 aliphatic rings. The molecule has 5 rings (SSSR count). The molecule has 37 heavy (non-hydrogen) atoms. The Bertz CT molecular complexity index is 1280. The predicted octanol–water partition coefficient (Wildman–Crippen LogP) is 6.75. The molecule has 0 radical (unpaired) electrons. The minimum Gasteiger partial charge on any atom is -0.371 e. The van der Waals surface area contributed by atoms with E-state index in [2.05, 4.69) is 65.8 Å². The van der Waals surface area contributed by atoms with E-state index in [1.807, 2.05) is 34.9 Å². The van der Waals surface area contributed by atoms with Crippen LogP contribution in [0.25, 0.3) is 16.8 Å². The molecule has 3 aromatic carbocycles. The fourth-order valence-corrected chi connectivity index (χ4v) is 5.04. The van der Waals surface area contributed by atoms with Crippen molar-refractivity contribution in [2.24, 2.45) is 0 Å². The summed E-state index contributed by atoms with van der Waals surface area (Å²) >= 11 is 0. The number of hydrogen-bond donors (Lipinski definition) is 1. The van der Waals surface area contributed by atoms with Crippen molar-refractivity contribution in [3.05, 3.63) is 108 Å². The largest absolute Gasteiger partial charge is 0.371 e. The van der Waals surface area contributed by atoms with Crippen LogP contribution in [0.2, 0.25) is 0 Å². The van der Waals surface area contributed by atoms with Gasteiger partial charge in [0.25, 0.3) is 5.91 Å². The molecule has 1 aliphatic carbocycles. The van der Waals surface area contributed by atoms with Gasteiger partial charge < -0.3 is 10.1 Å². The lowest BCUT2D eigenvalue weighted by atomic mass is 10.0. The number of ether oxygens (including phenoxy) is 1. The molecule has 1 fully saturated rings. The second-order valence-corrected chi connectivity index (χ2v) is 9.84. The van der Waals surface area contributed by atoms with Crippen LogP contribution >= 0.6 is 0 Å². The first-order valence-corrected chi connectivity index (χ1v) is 13.4. The predicted molar refractivity (Wildman–Crippen MR) is 148 cm³/mol. The number of nitrogens with zero attached hydrogens (tertiary/aromatic N) is 2. The molecule has 0 bridgehead atoms. The summed E-state index contributed by atoms with van der Waals surface area (Å²) in [5, 5.41) is 3.21. The molecule has 0 aliphatic heterocycles. The molecule has 1 aromatic heterocycles. The summed E-state index contributed by atoms with van der Waals surface area (Å²) in [4.78, 5) is 17.5. The van der Waals surface area contributed by atoms with Gasteiger partial charge in [-0.1, -0.05) is 80.1 Å². The van der Waals surface area contributed by atoms with E-state index in [-0.39, 0.29) is 18.1 Å². The Morgan fingerprint density at radius 3 is 2.41 bits per heavy atom. The molecule has 4 aromatic rings. The molecular weight excluding hydrogens is 458 g/mol. The monoisotopic (exact) mass is 493 g/mol. The Labute approximate surface area is 219 Å². The highest BCUT2D eigenvalue weighted by molar-refractivity contribution is 5.93. The Morgan fingerprint density at radius 1 is 0.946 bits per heavy atom. The lowest BCUT2D eigenvalue weighted by molar-refractivity contribution is 0.0271. The normalized spacial score (nSPS) is 17.1. The van der Waals surface area contributed by atoms with Crippen LogP contribution in [0.4, 0.5) is 0 Å². The quantitative estimate of drug-likeness (QED) is 0.266. The molecule has 5 heteroatoms. The van der Waals surface area contributed by atoms with Gasteiger partial charge in [-0.05, 0) is 66.5 Å². The standard InChI is InChI=1S/C32H35N3O2/c1-2-3-8-24-13-15-26(16-14-24)27-17-19-28(20-18-27)35-23-33-21-30(35)32(36)34-29-11-7-12-31(29)37-22-25-9-5-4-6-10-25/h4-6,9-10,13-21,23,29,31H,2-3,7-8,11-12,22H2,1H3,(H,34,36)/t29-,31+/m0/s1. The first kappa shape index (κ1) is 25.0. The van der Waals surface area contributed by atoms with E-state index in [0.29, 0.717) is 12.3 Å². The SMILES string of the molecule is CCCCc1ccc(-c2ccc(-n3cncc3C(=O)N[C@H]3CCC[C@H]3OCc3ccccc3)cc2)cc1. The van der Waals surface area contributed by atoms with Crippen molar-refractivity contribution >= 4 is 5.91 Å². The second kappa shape index (κ2) is 12.0. The van der Waals surface area contributed by atoms with Crippen LogP contribution in [0.15, 0.2) is 91.4 Å². The first-order chi connectivity index (χ1) is 18.2. The highest BCUT2D eigenvalue weighted by atomic mass is 16.5. The molecule has 0 saturated heterocycles. The van der Waals surface area contributed by atoms with Gasteiger partial charge in [-0.15, -0.1) is 0 Å². The van der Waals surface area contributed by atoms with E-state index in [4.69, 9.17) is 4.74 Å². The van der Waals surface area contributed by atoms with Gasteiger partial charge >= 0.3 is 0 Å². The van der Waals surface area contributed by atoms with Gasteiger partial charge in [0.05, 0.1) is 31.3 Å². The van der Waals surface area contributed by atoms with Crippen LogP contribution in [0.1, 0.15) is 60.6 Å². The fourth-order valence-electron chi connectivity index (χ4n) is 5.04. The number of unbranched alkanes of at least 4 members (excludes halogenated alkanes) is 1. The highest BCUT2D eigenvalue weighted by Crippen LogP contribution is 2.25. The van der Waals surface area contributed by atoms with Crippen LogP contribution in [0.5, 0.6) is 0 Å².